The van der Waals surface area contributed by atoms with Gasteiger partial charge >= 0.3 is 6.09 Å². The normalized spacial score (nSPS) is 14.9. The summed E-state index contributed by atoms with van der Waals surface area (Å²) in [7, 11) is 0. The molecule has 200 valence electrons. The number of amides is 2. The molecule has 11 heteroatoms. The lowest BCUT2D eigenvalue weighted by atomic mass is 10.0. The van der Waals surface area contributed by atoms with Crippen LogP contribution in [0.4, 0.5) is 4.79 Å². The second-order valence-corrected chi connectivity index (χ2v) is 8.41. The van der Waals surface area contributed by atoms with Crippen molar-refractivity contribution < 1.29 is 39.9 Å². The van der Waals surface area contributed by atoms with E-state index in [1.807, 2.05) is 0 Å². The first-order valence-corrected chi connectivity index (χ1v) is 12.1. The highest BCUT2D eigenvalue weighted by atomic mass is 16.5. The number of unbranched alkanes of at least 4 members (excludes halogenated alkanes) is 3. The number of nitrogens with zero attached hydrogens (tertiary/aromatic N) is 2. The highest BCUT2D eigenvalue weighted by Gasteiger charge is 2.33. The van der Waals surface area contributed by atoms with Crippen LogP contribution in [0.3, 0.4) is 0 Å². The monoisotopic (exact) mass is 499 g/mol. The molecule has 0 saturated heterocycles. The number of hydrogen-bond donors (Lipinski definition) is 6. The van der Waals surface area contributed by atoms with Crippen LogP contribution in [0.2, 0.25) is 0 Å². The van der Waals surface area contributed by atoms with E-state index < -0.39 is 37.1 Å². The van der Waals surface area contributed by atoms with E-state index in [0.29, 0.717) is 18.5 Å². The summed E-state index contributed by atoms with van der Waals surface area (Å²) in [6.07, 6.45) is -3.37. The smallest absolute Gasteiger partial charge is 0.404 e. The number of rotatable bonds is 17. The minimum atomic E-state index is -1.75. The Morgan fingerprint density at radius 2 is 1.71 bits per heavy atom. The van der Waals surface area contributed by atoms with Gasteiger partial charge in [-0.3, -0.25) is 9.80 Å². The maximum atomic E-state index is 13.4. The van der Waals surface area contributed by atoms with Crippen molar-refractivity contribution in [2.75, 3.05) is 32.8 Å². The third kappa shape index (κ3) is 10.5. The van der Waals surface area contributed by atoms with Crippen molar-refractivity contribution in [2.45, 2.75) is 70.4 Å². The Hall–Kier alpha value is -2.28. The summed E-state index contributed by atoms with van der Waals surface area (Å²) in [6.45, 7) is 3.71. The zero-order valence-corrected chi connectivity index (χ0v) is 20.6. The summed E-state index contributed by atoms with van der Waals surface area (Å²) >= 11 is 0. The molecule has 0 unspecified atom stereocenters. The van der Waals surface area contributed by atoms with Crippen molar-refractivity contribution in [1.29, 1.82) is 0 Å². The van der Waals surface area contributed by atoms with Gasteiger partial charge in [0.1, 0.15) is 18.3 Å². The summed E-state index contributed by atoms with van der Waals surface area (Å²) in [5.41, 5.74) is 6.15. The van der Waals surface area contributed by atoms with Crippen LogP contribution < -0.4 is 5.73 Å². The minimum absolute atomic E-state index is 0.0835. The van der Waals surface area contributed by atoms with Crippen LogP contribution in [-0.4, -0.2) is 105 Å². The standard InChI is InChI=1S/C24H41N3O8/c1-3-5-6-7-12-26(15-19(29)21(31)22(32)20(30)16-28)27(4-2)23(33)18-10-8-9-17(14-18)11-13-35-24(25)34/h8-10,14,19-22,28-32H,3-7,11-13,15-16H2,1-2H3,(H2,25,34)/t19-,20+,21+,22+/m0/s1. The first-order valence-electron chi connectivity index (χ1n) is 12.1. The number of hydrogen-bond acceptors (Lipinski definition) is 9. The van der Waals surface area contributed by atoms with Crippen molar-refractivity contribution >= 4 is 12.0 Å². The molecule has 0 aromatic heterocycles. The number of carbonyl (C=O) groups excluding carboxylic acids is 2. The van der Waals surface area contributed by atoms with Crippen LogP contribution in [0.25, 0.3) is 0 Å². The molecule has 0 fully saturated rings. The Kier molecular flexibility index (Phi) is 14.4. The molecular weight excluding hydrogens is 458 g/mol. The molecule has 0 radical (unpaired) electrons. The van der Waals surface area contributed by atoms with Crippen LogP contribution in [0.5, 0.6) is 0 Å². The highest BCUT2D eigenvalue weighted by molar-refractivity contribution is 5.94. The minimum Gasteiger partial charge on any atom is -0.449 e. The topological polar surface area (TPSA) is 177 Å². The quantitative estimate of drug-likeness (QED) is 0.127. The van der Waals surface area contributed by atoms with Gasteiger partial charge < -0.3 is 36.0 Å². The molecule has 0 heterocycles. The number of carbonyl (C=O) groups is 2. The van der Waals surface area contributed by atoms with E-state index in [0.717, 1.165) is 31.2 Å². The van der Waals surface area contributed by atoms with Crippen LogP contribution in [0.1, 0.15) is 55.5 Å². The Bertz CT molecular complexity index is 766. The first kappa shape index (κ1) is 30.8. The molecule has 0 bridgehead atoms. The van der Waals surface area contributed by atoms with E-state index in [-0.39, 0.29) is 25.6 Å². The van der Waals surface area contributed by atoms with Gasteiger partial charge in [0.05, 0.1) is 19.3 Å². The predicted octanol–water partition coefficient (Wildman–Crippen LogP) is 0.0197. The van der Waals surface area contributed by atoms with Crippen LogP contribution in [-0.2, 0) is 11.2 Å². The van der Waals surface area contributed by atoms with Crippen LogP contribution >= 0.6 is 0 Å². The molecule has 1 aromatic carbocycles. The molecule has 4 atom stereocenters. The fourth-order valence-electron chi connectivity index (χ4n) is 3.67. The molecule has 2 amide bonds. The summed E-state index contributed by atoms with van der Waals surface area (Å²) < 4.78 is 4.76. The van der Waals surface area contributed by atoms with E-state index in [1.165, 1.54) is 5.01 Å². The second kappa shape index (κ2) is 16.4. The van der Waals surface area contributed by atoms with E-state index in [2.05, 4.69) is 6.92 Å². The Labute approximate surface area is 206 Å². The van der Waals surface area contributed by atoms with Gasteiger partial charge in [-0.25, -0.2) is 9.80 Å². The van der Waals surface area contributed by atoms with Gasteiger partial charge in [0.25, 0.3) is 5.91 Å². The van der Waals surface area contributed by atoms with Crippen molar-refractivity contribution in [3.05, 3.63) is 35.4 Å². The lowest BCUT2D eigenvalue weighted by molar-refractivity contribution is -0.130. The largest absolute Gasteiger partial charge is 0.449 e. The van der Waals surface area contributed by atoms with E-state index in [9.17, 15) is 30.0 Å². The molecule has 0 aliphatic heterocycles. The summed E-state index contributed by atoms with van der Waals surface area (Å²) in [5, 5.41) is 52.5. The van der Waals surface area contributed by atoms with E-state index in [1.54, 1.807) is 36.2 Å². The molecule has 0 aliphatic rings. The molecule has 0 spiro atoms. The van der Waals surface area contributed by atoms with Gasteiger partial charge in [-0.2, -0.15) is 0 Å². The number of benzene rings is 1. The molecule has 1 rings (SSSR count). The number of ether oxygens (including phenoxy) is 1. The maximum absolute atomic E-state index is 13.4. The molecule has 0 aliphatic carbocycles. The zero-order chi connectivity index (χ0) is 26.4. The maximum Gasteiger partial charge on any atom is 0.404 e. The fourth-order valence-corrected chi connectivity index (χ4v) is 3.67. The Morgan fingerprint density at radius 3 is 2.31 bits per heavy atom. The van der Waals surface area contributed by atoms with Gasteiger partial charge in [-0.15, -0.1) is 0 Å². The molecular formula is C24H41N3O8. The van der Waals surface area contributed by atoms with Gasteiger partial charge in [0.15, 0.2) is 0 Å². The van der Waals surface area contributed by atoms with Gasteiger partial charge in [-0.1, -0.05) is 38.3 Å². The van der Waals surface area contributed by atoms with Crippen molar-refractivity contribution in [1.82, 2.24) is 10.0 Å². The van der Waals surface area contributed by atoms with Crippen LogP contribution in [0, 0.1) is 0 Å². The number of primary amides is 1. The second-order valence-electron chi connectivity index (χ2n) is 8.41. The molecule has 0 saturated carbocycles. The summed E-state index contributed by atoms with van der Waals surface area (Å²) in [5.74, 6) is -0.321. The zero-order valence-electron chi connectivity index (χ0n) is 20.6. The van der Waals surface area contributed by atoms with Gasteiger partial charge in [0.2, 0.25) is 0 Å². The summed E-state index contributed by atoms with van der Waals surface area (Å²) in [6, 6.07) is 6.87. The molecule has 11 nitrogen and oxygen atoms in total. The van der Waals surface area contributed by atoms with Gasteiger partial charge in [0, 0.05) is 31.6 Å². The van der Waals surface area contributed by atoms with Gasteiger partial charge in [-0.05, 0) is 31.0 Å². The van der Waals surface area contributed by atoms with E-state index >= 15 is 0 Å². The average Bonchev–Trinajstić information content (AvgIpc) is 2.85. The lowest BCUT2D eigenvalue weighted by Gasteiger charge is -2.37. The molecule has 1 aromatic rings. The van der Waals surface area contributed by atoms with Crippen molar-refractivity contribution in [3.8, 4) is 0 Å². The fraction of sp³-hybridized carbons (Fsp3) is 0.667. The van der Waals surface area contributed by atoms with E-state index in [4.69, 9.17) is 15.6 Å². The third-order valence-electron chi connectivity index (χ3n) is 5.68. The molecule has 35 heavy (non-hydrogen) atoms. The lowest BCUT2D eigenvalue weighted by Crippen LogP contribution is -2.54. The van der Waals surface area contributed by atoms with Crippen molar-refractivity contribution in [2.24, 2.45) is 5.73 Å². The Morgan fingerprint density at radius 1 is 1.03 bits per heavy atom. The number of aliphatic hydroxyl groups is 5. The third-order valence-corrected chi connectivity index (χ3v) is 5.68. The number of hydrazine groups is 1. The summed E-state index contributed by atoms with van der Waals surface area (Å²) in [4.78, 5) is 24.2. The predicted molar refractivity (Wildman–Crippen MR) is 129 cm³/mol. The Balaban J connectivity index is 3.04. The highest BCUT2D eigenvalue weighted by Crippen LogP contribution is 2.15. The van der Waals surface area contributed by atoms with Crippen LogP contribution in [0.15, 0.2) is 24.3 Å². The number of nitrogens with two attached hydrogens (primary N) is 1. The average molecular weight is 500 g/mol. The first-order chi connectivity index (χ1) is 16.7. The van der Waals surface area contributed by atoms with Crippen molar-refractivity contribution in [3.63, 3.8) is 0 Å². The number of aliphatic hydroxyl groups excluding tert-OH is 5. The molecule has 7 N–H and O–H groups in total. The SMILES string of the molecule is CCCCCCN(C[C@H](O)[C@@H](O)[C@H](O)[C@H](O)CO)N(CC)C(=O)c1cccc(CCOC(N)=O)c1.